The van der Waals surface area contributed by atoms with Crippen molar-refractivity contribution in [3.63, 3.8) is 0 Å². The van der Waals surface area contributed by atoms with Gasteiger partial charge in [0.05, 0.1) is 22.8 Å². The molecule has 2 aromatic carbocycles. The highest BCUT2D eigenvalue weighted by molar-refractivity contribution is 7.92. The SMILES string of the molecule is CCOC(=O)c1[nH]c(C)c(C(=O)COC(=O)c2ccc(S(=O)(=O)N(C)c3ccccc3)cc2)c1C. The molecule has 0 fully saturated rings. The molecular weight excluding hydrogens is 472 g/mol. The molecule has 0 radical (unpaired) electrons. The second-order valence-corrected chi connectivity index (χ2v) is 9.65. The van der Waals surface area contributed by atoms with Crippen molar-refractivity contribution in [3.8, 4) is 0 Å². The van der Waals surface area contributed by atoms with E-state index in [1.165, 1.54) is 31.3 Å². The van der Waals surface area contributed by atoms with Gasteiger partial charge in [-0.1, -0.05) is 18.2 Å². The third-order valence-corrected chi connectivity index (χ3v) is 7.20. The van der Waals surface area contributed by atoms with Crippen LogP contribution in [0.3, 0.4) is 0 Å². The zero-order valence-electron chi connectivity index (χ0n) is 19.8. The first-order valence-electron chi connectivity index (χ1n) is 10.8. The van der Waals surface area contributed by atoms with E-state index in [4.69, 9.17) is 9.47 Å². The highest BCUT2D eigenvalue weighted by Crippen LogP contribution is 2.23. The maximum atomic E-state index is 12.9. The number of carbonyl (C=O) groups is 3. The lowest BCUT2D eigenvalue weighted by Gasteiger charge is -2.19. The molecule has 184 valence electrons. The molecule has 3 rings (SSSR count). The molecule has 35 heavy (non-hydrogen) atoms. The topological polar surface area (TPSA) is 123 Å². The number of sulfonamides is 1. The van der Waals surface area contributed by atoms with Gasteiger partial charge < -0.3 is 14.5 Å². The summed E-state index contributed by atoms with van der Waals surface area (Å²) in [5.74, 6) is -1.84. The van der Waals surface area contributed by atoms with E-state index >= 15 is 0 Å². The second-order valence-electron chi connectivity index (χ2n) is 7.68. The molecule has 0 saturated carbocycles. The zero-order chi connectivity index (χ0) is 25.8. The van der Waals surface area contributed by atoms with E-state index in [1.807, 2.05) is 0 Å². The Balaban J connectivity index is 1.69. The predicted octanol–water partition coefficient (Wildman–Crippen LogP) is 3.67. The Morgan fingerprint density at radius 2 is 1.54 bits per heavy atom. The van der Waals surface area contributed by atoms with Crippen molar-refractivity contribution in [1.29, 1.82) is 0 Å². The van der Waals surface area contributed by atoms with Gasteiger partial charge in [0.1, 0.15) is 5.69 Å². The average Bonchev–Trinajstić information content (AvgIpc) is 3.16. The smallest absolute Gasteiger partial charge is 0.355 e. The molecule has 0 atom stereocenters. The highest BCUT2D eigenvalue weighted by Gasteiger charge is 2.24. The van der Waals surface area contributed by atoms with Crippen molar-refractivity contribution < 1.29 is 32.3 Å². The maximum Gasteiger partial charge on any atom is 0.355 e. The summed E-state index contributed by atoms with van der Waals surface area (Å²) in [5.41, 5.74) is 1.90. The minimum atomic E-state index is -3.83. The standard InChI is InChI=1S/C25H26N2O7S/c1-5-33-25(30)23-16(2)22(17(3)26-23)21(28)15-34-24(29)18-11-13-20(14-12-18)35(31,32)27(4)19-9-7-6-8-10-19/h6-14,26H,5,15H2,1-4H3. The molecule has 3 aromatic rings. The number of rotatable bonds is 9. The van der Waals surface area contributed by atoms with Crippen molar-refractivity contribution in [3.05, 3.63) is 82.7 Å². The Hall–Kier alpha value is -3.92. The van der Waals surface area contributed by atoms with Crippen molar-refractivity contribution in [2.24, 2.45) is 0 Å². The number of esters is 2. The predicted molar refractivity (Wildman–Crippen MR) is 129 cm³/mol. The zero-order valence-corrected chi connectivity index (χ0v) is 20.6. The van der Waals surface area contributed by atoms with E-state index < -0.39 is 34.4 Å². The van der Waals surface area contributed by atoms with Crippen molar-refractivity contribution >= 4 is 33.4 Å². The molecule has 0 aliphatic heterocycles. The largest absolute Gasteiger partial charge is 0.461 e. The number of ketones is 1. The van der Waals surface area contributed by atoms with Gasteiger partial charge in [0.2, 0.25) is 5.78 Å². The first kappa shape index (κ1) is 25.7. The van der Waals surface area contributed by atoms with Crippen LogP contribution in [0, 0.1) is 13.8 Å². The molecule has 0 aliphatic carbocycles. The van der Waals surface area contributed by atoms with Gasteiger partial charge in [-0.3, -0.25) is 9.10 Å². The Morgan fingerprint density at radius 1 is 0.914 bits per heavy atom. The third-order valence-electron chi connectivity index (χ3n) is 5.40. The van der Waals surface area contributed by atoms with E-state index in [0.29, 0.717) is 16.9 Å². The van der Waals surface area contributed by atoms with Crippen molar-refractivity contribution in [1.82, 2.24) is 4.98 Å². The van der Waals surface area contributed by atoms with E-state index in [9.17, 15) is 22.8 Å². The molecule has 1 heterocycles. The van der Waals surface area contributed by atoms with Gasteiger partial charge in [-0.2, -0.15) is 0 Å². The Morgan fingerprint density at radius 3 is 2.14 bits per heavy atom. The normalized spacial score (nSPS) is 11.1. The number of aromatic nitrogens is 1. The van der Waals surface area contributed by atoms with E-state index in [1.54, 1.807) is 51.1 Å². The number of Topliss-reactive ketones (excluding diaryl/α,β-unsaturated/α-hetero) is 1. The fraction of sp³-hybridized carbons (Fsp3) is 0.240. The number of carbonyl (C=O) groups excluding carboxylic acids is 3. The fourth-order valence-corrected chi connectivity index (χ4v) is 4.76. The van der Waals surface area contributed by atoms with Gasteiger partial charge in [0.25, 0.3) is 10.0 Å². The van der Waals surface area contributed by atoms with Gasteiger partial charge in [-0.25, -0.2) is 18.0 Å². The van der Waals surface area contributed by atoms with Crippen LogP contribution in [0.4, 0.5) is 5.69 Å². The van der Waals surface area contributed by atoms with E-state index in [-0.39, 0.29) is 28.3 Å². The van der Waals surface area contributed by atoms with Crippen LogP contribution >= 0.6 is 0 Å². The quantitative estimate of drug-likeness (QED) is 0.353. The fourth-order valence-electron chi connectivity index (χ4n) is 3.56. The number of anilines is 1. The number of ether oxygens (including phenoxy) is 2. The molecule has 0 amide bonds. The van der Waals surface area contributed by atoms with Crippen LogP contribution in [0.25, 0.3) is 0 Å². The van der Waals surface area contributed by atoms with Gasteiger partial charge in [-0.05, 0) is 62.7 Å². The second kappa shape index (κ2) is 10.6. The Labute approximate surface area is 203 Å². The summed E-state index contributed by atoms with van der Waals surface area (Å²) in [6, 6.07) is 13.8. The number of aryl methyl sites for hydroxylation is 1. The Bertz CT molecular complexity index is 1340. The summed E-state index contributed by atoms with van der Waals surface area (Å²) in [7, 11) is -2.39. The molecule has 10 heteroatoms. The van der Waals surface area contributed by atoms with Crippen LogP contribution in [0.1, 0.15) is 49.4 Å². The highest BCUT2D eigenvalue weighted by atomic mass is 32.2. The first-order valence-corrected chi connectivity index (χ1v) is 12.2. The molecule has 1 N–H and O–H groups in total. The Kier molecular flexibility index (Phi) is 7.75. The van der Waals surface area contributed by atoms with Crippen LogP contribution in [0.5, 0.6) is 0 Å². The molecule has 0 bridgehead atoms. The molecule has 0 spiro atoms. The molecule has 0 aliphatic rings. The molecule has 0 unspecified atom stereocenters. The van der Waals surface area contributed by atoms with Gasteiger partial charge in [0.15, 0.2) is 6.61 Å². The monoisotopic (exact) mass is 498 g/mol. The number of benzene rings is 2. The van der Waals surface area contributed by atoms with Crippen LogP contribution in [-0.4, -0.2) is 51.4 Å². The maximum absolute atomic E-state index is 12.9. The van der Waals surface area contributed by atoms with E-state index in [0.717, 1.165) is 4.31 Å². The lowest BCUT2D eigenvalue weighted by molar-refractivity contribution is 0.0473. The summed E-state index contributed by atoms with van der Waals surface area (Å²) in [4.78, 5) is 40.0. The van der Waals surface area contributed by atoms with Gasteiger partial charge >= 0.3 is 11.9 Å². The summed E-state index contributed by atoms with van der Waals surface area (Å²) >= 11 is 0. The number of H-pyrrole nitrogens is 1. The number of hydrogen-bond donors (Lipinski definition) is 1. The van der Waals surface area contributed by atoms with E-state index in [2.05, 4.69) is 4.98 Å². The lowest BCUT2D eigenvalue weighted by Crippen LogP contribution is -2.26. The minimum Gasteiger partial charge on any atom is -0.461 e. The third kappa shape index (κ3) is 5.43. The average molecular weight is 499 g/mol. The van der Waals surface area contributed by atoms with Crippen molar-refractivity contribution in [2.45, 2.75) is 25.7 Å². The minimum absolute atomic E-state index is 0.00143. The lowest BCUT2D eigenvalue weighted by atomic mass is 10.1. The number of aromatic amines is 1. The van der Waals surface area contributed by atoms with Crippen molar-refractivity contribution in [2.75, 3.05) is 24.6 Å². The summed E-state index contributed by atoms with van der Waals surface area (Å²) in [5, 5.41) is 0. The molecule has 1 aromatic heterocycles. The van der Waals surface area contributed by atoms with Crippen LogP contribution in [-0.2, 0) is 19.5 Å². The summed E-state index contributed by atoms with van der Waals surface area (Å²) in [6.45, 7) is 4.57. The summed E-state index contributed by atoms with van der Waals surface area (Å²) in [6.07, 6.45) is 0. The van der Waals surface area contributed by atoms with Crippen LogP contribution in [0.15, 0.2) is 59.5 Å². The van der Waals surface area contributed by atoms with Gasteiger partial charge in [0, 0.05) is 18.3 Å². The first-order chi connectivity index (χ1) is 16.6. The molecule has 0 saturated heterocycles. The molecular formula is C25H26N2O7S. The molecule has 9 nitrogen and oxygen atoms in total. The number of nitrogens with zero attached hydrogens (tertiary/aromatic N) is 1. The van der Waals surface area contributed by atoms with Gasteiger partial charge in [-0.15, -0.1) is 0 Å². The number of para-hydroxylation sites is 1. The summed E-state index contributed by atoms with van der Waals surface area (Å²) < 4.78 is 37.0. The number of hydrogen-bond acceptors (Lipinski definition) is 7. The van der Waals surface area contributed by atoms with Crippen LogP contribution in [0.2, 0.25) is 0 Å². The van der Waals surface area contributed by atoms with Crippen LogP contribution < -0.4 is 4.31 Å². The number of nitrogens with one attached hydrogen (secondary N) is 1.